The summed E-state index contributed by atoms with van der Waals surface area (Å²) in [7, 11) is -3.55. The molecule has 1 fully saturated rings. The first-order chi connectivity index (χ1) is 9.60. The fourth-order valence-corrected chi connectivity index (χ4v) is 3.91. The zero-order chi connectivity index (χ0) is 15.8. The Labute approximate surface area is 127 Å². The highest BCUT2D eigenvalue weighted by molar-refractivity contribution is 7.89. The van der Waals surface area contributed by atoms with Crippen LogP contribution in [0.1, 0.15) is 50.7 Å². The van der Waals surface area contributed by atoms with Gasteiger partial charge in [-0.05, 0) is 32.1 Å². The lowest BCUT2D eigenvalue weighted by Crippen LogP contribution is -2.33. The second kappa shape index (κ2) is 5.74. The summed E-state index contributed by atoms with van der Waals surface area (Å²) in [5.74, 6) is 1.14. The summed E-state index contributed by atoms with van der Waals surface area (Å²) in [6, 6.07) is 0.526. The van der Waals surface area contributed by atoms with Crippen molar-refractivity contribution in [1.29, 1.82) is 0 Å². The molecule has 0 unspecified atom stereocenters. The van der Waals surface area contributed by atoms with Crippen LogP contribution in [0.15, 0.2) is 9.31 Å². The van der Waals surface area contributed by atoms with Gasteiger partial charge in [-0.1, -0.05) is 20.8 Å². The summed E-state index contributed by atoms with van der Waals surface area (Å²) in [6.45, 7) is 10.5. The van der Waals surface area contributed by atoms with Gasteiger partial charge in [0, 0.05) is 24.7 Å². The molecule has 0 radical (unpaired) electrons. The fourth-order valence-electron chi connectivity index (χ4n) is 2.18. The third-order valence-electron chi connectivity index (χ3n) is 3.53. The average Bonchev–Trinajstić information content (AvgIpc) is 3.10. The van der Waals surface area contributed by atoms with E-state index in [1.54, 1.807) is 6.92 Å². The van der Waals surface area contributed by atoms with E-state index in [-0.39, 0.29) is 5.41 Å². The maximum absolute atomic E-state index is 12.6. The van der Waals surface area contributed by atoms with Gasteiger partial charge in [0.05, 0.1) is 0 Å². The first kappa shape index (κ1) is 16.5. The summed E-state index contributed by atoms with van der Waals surface area (Å²) in [5, 5.41) is 3.36. The topological polar surface area (TPSA) is 71.3 Å². The van der Waals surface area contributed by atoms with Crippen LogP contribution >= 0.6 is 0 Å². The zero-order valence-electron chi connectivity index (χ0n) is 13.5. The Kier molecular flexibility index (Phi) is 4.52. The van der Waals surface area contributed by atoms with Crippen LogP contribution < -0.4 is 10.0 Å². The molecule has 1 aliphatic rings. The molecule has 0 aromatic carbocycles. The second-order valence-electron chi connectivity index (χ2n) is 7.06. The monoisotopic (exact) mass is 314 g/mol. The maximum Gasteiger partial charge on any atom is 0.244 e. The van der Waals surface area contributed by atoms with Gasteiger partial charge in [0.1, 0.15) is 16.4 Å². The lowest BCUT2D eigenvalue weighted by atomic mass is 9.98. The average molecular weight is 314 g/mol. The minimum absolute atomic E-state index is 0.105. The molecular formula is C15H26N2O3S. The minimum Gasteiger partial charge on any atom is -0.465 e. The Hall–Kier alpha value is -0.850. The van der Waals surface area contributed by atoms with Crippen LogP contribution in [0.5, 0.6) is 0 Å². The smallest absolute Gasteiger partial charge is 0.244 e. The molecule has 1 aromatic heterocycles. The SMILES string of the molecule is Cc1oc(C)c(S(=O)(=O)NCC(C)(C)C)c1CNC1CC1. The van der Waals surface area contributed by atoms with Crippen LogP contribution in [0.25, 0.3) is 0 Å². The number of furan rings is 1. The standard InChI is InChI=1S/C15H26N2O3S/c1-10-13(8-16-12-6-7-12)14(11(2)20-10)21(18,19)17-9-15(3,4)5/h12,16-17H,6-9H2,1-5H3. The number of hydrogen-bond acceptors (Lipinski definition) is 4. The van der Waals surface area contributed by atoms with Gasteiger partial charge in [0.25, 0.3) is 0 Å². The van der Waals surface area contributed by atoms with Crippen LogP contribution in [0.2, 0.25) is 0 Å². The Morgan fingerprint density at radius 2 is 1.81 bits per heavy atom. The molecule has 1 heterocycles. The predicted octanol–water partition coefficient (Wildman–Crippen LogP) is 2.47. The largest absolute Gasteiger partial charge is 0.465 e. The van der Waals surface area contributed by atoms with Crippen molar-refractivity contribution in [3.63, 3.8) is 0 Å². The molecular weight excluding hydrogens is 288 g/mol. The zero-order valence-corrected chi connectivity index (χ0v) is 14.4. The second-order valence-corrected chi connectivity index (χ2v) is 8.77. The molecule has 0 bridgehead atoms. The molecule has 0 atom stereocenters. The van der Waals surface area contributed by atoms with E-state index < -0.39 is 10.0 Å². The molecule has 21 heavy (non-hydrogen) atoms. The Morgan fingerprint density at radius 3 is 2.33 bits per heavy atom. The highest BCUT2D eigenvalue weighted by atomic mass is 32.2. The number of nitrogens with one attached hydrogen (secondary N) is 2. The van der Waals surface area contributed by atoms with Crippen molar-refractivity contribution in [2.45, 2.75) is 64.9 Å². The third-order valence-corrected chi connectivity index (χ3v) is 5.13. The van der Waals surface area contributed by atoms with Gasteiger partial charge in [-0.25, -0.2) is 13.1 Å². The van der Waals surface area contributed by atoms with Crippen LogP contribution in [0, 0.1) is 19.3 Å². The van der Waals surface area contributed by atoms with Crippen molar-refractivity contribution in [3.8, 4) is 0 Å². The van der Waals surface area contributed by atoms with Crippen LogP contribution in [0.4, 0.5) is 0 Å². The minimum atomic E-state index is -3.55. The van der Waals surface area contributed by atoms with Gasteiger partial charge < -0.3 is 9.73 Å². The number of aryl methyl sites for hydroxylation is 2. The van der Waals surface area contributed by atoms with Gasteiger partial charge in [-0.3, -0.25) is 0 Å². The summed E-state index contributed by atoms with van der Waals surface area (Å²) in [6.07, 6.45) is 2.33. The van der Waals surface area contributed by atoms with Gasteiger partial charge >= 0.3 is 0 Å². The lowest BCUT2D eigenvalue weighted by molar-refractivity contribution is 0.407. The lowest BCUT2D eigenvalue weighted by Gasteiger charge is -2.19. The van der Waals surface area contributed by atoms with Crippen molar-refractivity contribution in [2.75, 3.05) is 6.54 Å². The molecule has 1 saturated carbocycles. The molecule has 0 amide bonds. The van der Waals surface area contributed by atoms with E-state index in [4.69, 9.17) is 4.42 Å². The first-order valence-electron chi connectivity index (χ1n) is 7.42. The Bertz CT molecular complexity index is 608. The van der Waals surface area contributed by atoms with E-state index in [1.807, 2.05) is 27.7 Å². The molecule has 0 spiro atoms. The van der Waals surface area contributed by atoms with Gasteiger partial charge in [0.2, 0.25) is 10.0 Å². The molecule has 1 aliphatic carbocycles. The maximum atomic E-state index is 12.6. The molecule has 0 aliphatic heterocycles. The van der Waals surface area contributed by atoms with Gasteiger partial charge in [-0.15, -0.1) is 0 Å². The van der Waals surface area contributed by atoms with Crippen molar-refractivity contribution in [3.05, 3.63) is 17.1 Å². The van der Waals surface area contributed by atoms with E-state index >= 15 is 0 Å². The van der Waals surface area contributed by atoms with Crippen LogP contribution in [0.3, 0.4) is 0 Å². The quantitative estimate of drug-likeness (QED) is 0.846. The Balaban J connectivity index is 2.23. The Morgan fingerprint density at radius 1 is 1.19 bits per heavy atom. The summed E-state index contributed by atoms with van der Waals surface area (Å²) >= 11 is 0. The van der Waals surface area contributed by atoms with Crippen molar-refractivity contribution in [1.82, 2.24) is 10.0 Å². The van der Waals surface area contributed by atoms with Crippen molar-refractivity contribution in [2.24, 2.45) is 5.41 Å². The third kappa shape index (κ3) is 4.31. The fraction of sp³-hybridized carbons (Fsp3) is 0.733. The summed E-state index contributed by atoms with van der Waals surface area (Å²) in [4.78, 5) is 0.303. The van der Waals surface area contributed by atoms with Gasteiger partial charge in [0.15, 0.2) is 0 Å². The van der Waals surface area contributed by atoms with Crippen LogP contribution in [-0.4, -0.2) is 21.0 Å². The molecule has 5 nitrogen and oxygen atoms in total. The molecule has 120 valence electrons. The molecule has 1 aromatic rings. The normalized spacial score (nSPS) is 16.4. The van der Waals surface area contributed by atoms with Crippen molar-refractivity contribution < 1.29 is 12.8 Å². The molecule has 0 saturated heterocycles. The summed E-state index contributed by atoms with van der Waals surface area (Å²) < 4.78 is 33.4. The predicted molar refractivity (Wildman–Crippen MR) is 82.7 cm³/mol. The number of hydrogen-bond donors (Lipinski definition) is 2. The number of rotatable bonds is 6. The van der Waals surface area contributed by atoms with Crippen LogP contribution in [-0.2, 0) is 16.6 Å². The van der Waals surface area contributed by atoms with E-state index in [2.05, 4.69) is 10.0 Å². The van der Waals surface area contributed by atoms with E-state index in [0.717, 1.165) is 5.56 Å². The van der Waals surface area contributed by atoms with E-state index in [0.29, 0.717) is 35.5 Å². The molecule has 6 heteroatoms. The van der Waals surface area contributed by atoms with E-state index in [1.165, 1.54) is 12.8 Å². The van der Waals surface area contributed by atoms with Crippen molar-refractivity contribution >= 4 is 10.0 Å². The highest BCUT2D eigenvalue weighted by Crippen LogP contribution is 2.28. The molecule has 2 N–H and O–H groups in total. The van der Waals surface area contributed by atoms with Gasteiger partial charge in [-0.2, -0.15) is 0 Å². The molecule has 2 rings (SSSR count). The van der Waals surface area contributed by atoms with E-state index in [9.17, 15) is 8.42 Å². The first-order valence-corrected chi connectivity index (χ1v) is 8.90. The highest BCUT2D eigenvalue weighted by Gasteiger charge is 2.29. The summed E-state index contributed by atoms with van der Waals surface area (Å²) in [5.41, 5.74) is 0.646. The number of sulfonamides is 1.